The van der Waals surface area contributed by atoms with E-state index in [1.54, 1.807) is 0 Å². The van der Waals surface area contributed by atoms with Crippen LogP contribution in [0.5, 0.6) is 0 Å². The van der Waals surface area contributed by atoms with Crippen LogP contribution in [0, 0.1) is 5.82 Å². The first-order valence-corrected chi connectivity index (χ1v) is 4.98. The fraction of sp³-hybridized carbons (Fsp3) is 0.167. The third-order valence-electron chi connectivity index (χ3n) is 2.24. The Hall–Kier alpha value is -2.21. The normalized spacial score (nSPS) is 10.6. The largest absolute Gasteiger partial charge is 0.478 e. The highest BCUT2D eigenvalue weighted by Crippen LogP contribution is 2.12. The number of hydroxylamine groups is 2. The summed E-state index contributed by atoms with van der Waals surface area (Å²) in [4.78, 5) is 26.6. The minimum absolute atomic E-state index is 0.123. The lowest BCUT2D eigenvalue weighted by molar-refractivity contribution is -0.162. The predicted octanol–water partition coefficient (Wildman–Crippen LogP) is 1.56. The minimum atomic E-state index is -1.21. The van der Waals surface area contributed by atoms with E-state index in [-0.39, 0.29) is 11.1 Å². The van der Waals surface area contributed by atoms with Crippen molar-refractivity contribution in [2.45, 2.75) is 0 Å². The number of hydrogen-bond acceptors (Lipinski definition) is 3. The van der Waals surface area contributed by atoms with Crippen LogP contribution in [0.15, 0.2) is 24.3 Å². The monoisotopic (exact) mass is 253 g/mol. The molecule has 0 fully saturated rings. The number of aromatic carboxylic acids is 1. The van der Waals surface area contributed by atoms with Crippen LogP contribution >= 0.6 is 0 Å². The van der Waals surface area contributed by atoms with Gasteiger partial charge in [-0.2, -0.15) is 0 Å². The van der Waals surface area contributed by atoms with Crippen LogP contribution < -0.4 is 0 Å². The van der Waals surface area contributed by atoms with E-state index in [0.29, 0.717) is 0 Å². The highest BCUT2D eigenvalue weighted by Gasteiger charge is 2.07. The number of carboxylic acid groups (broad SMARTS) is 1. The molecule has 0 saturated heterocycles. The Morgan fingerprint density at radius 3 is 2.61 bits per heavy atom. The third kappa shape index (κ3) is 3.39. The molecule has 0 heterocycles. The molecule has 0 aliphatic rings. The van der Waals surface area contributed by atoms with Crippen LogP contribution in [-0.2, 0) is 9.63 Å². The molecule has 1 rings (SSSR count). The van der Waals surface area contributed by atoms with Crippen molar-refractivity contribution < 1.29 is 23.9 Å². The number of benzene rings is 1. The molecule has 0 aromatic heterocycles. The van der Waals surface area contributed by atoms with E-state index in [1.165, 1.54) is 32.4 Å². The van der Waals surface area contributed by atoms with Crippen molar-refractivity contribution in [3.05, 3.63) is 41.2 Å². The van der Waals surface area contributed by atoms with Gasteiger partial charge in [0.15, 0.2) is 0 Å². The first kappa shape index (κ1) is 13.9. The summed E-state index contributed by atoms with van der Waals surface area (Å²) < 4.78 is 13.5. The Bertz CT molecular complexity index is 499. The summed E-state index contributed by atoms with van der Waals surface area (Å²) in [5.74, 6) is -2.38. The Labute approximate surface area is 103 Å². The molecule has 18 heavy (non-hydrogen) atoms. The maximum atomic E-state index is 13.5. The molecule has 5 nitrogen and oxygen atoms in total. The smallest absolute Gasteiger partial charge is 0.335 e. The third-order valence-corrected chi connectivity index (χ3v) is 2.24. The summed E-state index contributed by atoms with van der Waals surface area (Å²) in [5.41, 5.74) is -0.0251. The topological polar surface area (TPSA) is 66.8 Å². The summed E-state index contributed by atoms with van der Waals surface area (Å²) in [5, 5.41) is 9.63. The SMILES string of the molecule is CON(C)C(=O)/C=C/c1ccc(C(=O)O)cc1F. The van der Waals surface area contributed by atoms with Gasteiger partial charge in [-0.1, -0.05) is 6.07 Å². The van der Waals surface area contributed by atoms with Crippen LogP contribution in [-0.4, -0.2) is 36.2 Å². The van der Waals surface area contributed by atoms with Crippen molar-refractivity contribution in [1.82, 2.24) is 5.06 Å². The molecule has 1 N–H and O–H groups in total. The molecular formula is C12H12FNO4. The number of amides is 1. The number of carboxylic acids is 1. The molecule has 0 bridgehead atoms. The summed E-state index contributed by atoms with van der Waals surface area (Å²) in [7, 11) is 2.74. The van der Waals surface area contributed by atoms with E-state index in [9.17, 15) is 14.0 Å². The highest BCUT2D eigenvalue weighted by molar-refractivity contribution is 5.91. The Morgan fingerprint density at radius 2 is 2.11 bits per heavy atom. The number of carbonyl (C=O) groups is 2. The molecule has 1 aromatic rings. The first-order valence-electron chi connectivity index (χ1n) is 4.98. The van der Waals surface area contributed by atoms with Gasteiger partial charge in [0.2, 0.25) is 0 Å². The molecule has 0 saturated carbocycles. The quantitative estimate of drug-likeness (QED) is 0.653. The Balaban J connectivity index is 2.89. The average Bonchev–Trinajstić information content (AvgIpc) is 2.35. The van der Waals surface area contributed by atoms with Gasteiger partial charge in [-0.05, 0) is 18.2 Å². The van der Waals surface area contributed by atoms with E-state index < -0.39 is 17.7 Å². The van der Waals surface area contributed by atoms with Gasteiger partial charge in [0.05, 0.1) is 12.7 Å². The van der Waals surface area contributed by atoms with Crippen molar-refractivity contribution >= 4 is 18.0 Å². The number of hydrogen-bond donors (Lipinski definition) is 1. The highest BCUT2D eigenvalue weighted by atomic mass is 19.1. The van der Waals surface area contributed by atoms with Gasteiger partial charge < -0.3 is 5.11 Å². The summed E-state index contributed by atoms with van der Waals surface area (Å²) in [6.45, 7) is 0. The van der Waals surface area contributed by atoms with Gasteiger partial charge in [-0.25, -0.2) is 14.2 Å². The summed E-state index contributed by atoms with van der Waals surface area (Å²) in [6.07, 6.45) is 2.38. The fourth-order valence-electron chi connectivity index (χ4n) is 1.15. The van der Waals surface area contributed by atoms with Gasteiger partial charge in [0.25, 0.3) is 5.91 Å². The first-order chi connectivity index (χ1) is 8.45. The lowest BCUT2D eigenvalue weighted by Crippen LogP contribution is -2.22. The van der Waals surface area contributed by atoms with Crippen molar-refractivity contribution in [3.63, 3.8) is 0 Å². The van der Waals surface area contributed by atoms with Gasteiger partial charge in [0.1, 0.15) is 5.82 Å². The van der Waals surface area contributed by atoms with E-state index >= 15 is 0 Å². The van der Waals surface area contributed by atoms with Gasteiger partial charge in [-0.3, -0.25) is 9.63 Å². The van der Waals surface area contributed by atoms with Crippen molar-refractivity contribution in [3.8, 4) is 0 Å². The zero-order valence-corrected chi connectivity index (χ0v) is 9.88. The number of halogens is 1. The molecule has 0 spiro atoms. The molecule has 0 aliphatic carbocycles. The second-order valence-electron chi connectivity index (χ2n) is 3.39. The van der Waals surface area contributed by atoms with Gasteiger partial charge in [0, 0.05) is 18.7 Å². The molecule has 0 atom stereocenters. The van der Waals surface area contributed by atoms with Crippen molar-refractivity contribution in [2.75, 3.05) is 14.2 Å². The number of likely N-dealkylation sites (N-methyl/N-ethyl adjacent to an activating group) is 1. The van der Waals surface area contributed by atoms with E-state index in [1.807, 2.05) is 0 Å². The summed E-state index contributed by atoms with van der Waals surface area (Å²) in [6, 6.07) is 3.44. The molecular weight excluding hydrogens is 241 g/mol. The van der Waals surface area contributed by atoms with Crippen LogP contribution in [0.25, 0.3) is 6.08 Å². The lowest BCUT2D eigenvalue weighted by Gasteiger charge is -2.10. The minimum Gasteiger partial charge on any atom is -0.478 e. The molecule has 96 valence electrons. The number of rotatable bonds is 4. The zero-order valence-electron chi connectivity index (χ0n) is 9.88. The van der Waals surface area contributed by atoms with Crippen LogP contribution in [0.1, 0.15) is 15.9 Å². The van der Waals surface area contributed by atoms with Crippen LogP contribution in [0.4, 0.5) is 4.39 Å². The predicted molar refractivity (Wildman–Crippen MR) is 62.2 cm³/mol. The zero-order chi connectivity index (χ0) is 13.7. The molecule has 0 aliphatic heterocycles. The number of carbonyl (C=O) groups excluding carboxylic acids is 1. The maximum absolute atomic E-state index is 13.5. The van der Waals surface area contributed by atoms with E-state index in [0.717, 1.165) is 17.2 Å². The summed E-state index contributed by atoms with van der Waals surface area (Å²) >= 11 is 0. The van der Waals surface area contributed by atoms with E-state index in [4.69, 9.17) is 5.11 Å². The molecule has 0 radical (unpaired) electrons. The fourth-order valence-corrected chi connectivity index (χ4v) is 1.15. The molecule has 0 unspecified atom stereocenters. The molecule has 6 heteroatoms. The lowest BCUT2D eigenvalue weighted by atomic mass is 10.1. The molecule has 1 aromatic carbocycles. The Kier molecular flexibility index (Phi) is 4.56. The van der Waals surface area contributed by atoms with E-state index in [2.05, 4.69) is 4.84 Å². The molecule has 1 amide bonds. The van der Waals surface area contributed by atoms with Crippen LogP contribution in [0.2, 0.25) is 0 Å². The maximum Gasteiger partial charge on any atom is 0.335 e. The van der Waals surface area contributed by atoms with Gasteiger partial charge in [-0.15, -0.1) is 0 Å². The second kappa shape index (κ2) is 5.92. The van der Waals surface area contributed by atoms with Crippen molar-refractivity contribution in [2.24, 2.45) is 0 Å². The van der Waals surface area contributed by atoms with Crippen LogP contribution in [0.3, 0.4) is 0 Å². The average molecular weight is 253 g/mol. The second-order valence-corrected chi connectivity index (χ2v) is 3.39. The number of nitrogens with zero attached hydrogens (tertiary/aromatic N) is 1. The van der Waals surface area contributed by atoms with Gasteiger partial charge >= 0.3 is 5.97 Å². The standard InChI is InChI=1S/C12H12FNO4/c1-14(18-2)11(15)6-5-8-3-4-9(12(16)17)7-10(8)13/h3-7H,1-2H3,(H,16,17)/b6-5+. The van der Waals surface area contributed by atoms with Crippen molar-refractivity contribution in [1.29, 1.82) is 0 Å². The Morgan fingerprint density at radius 1 is 1.44 bits per heavy atom.